The highest BCUT2D eigenvalue weighted by Crippen LogP contribution is 2.24. The molecule has 0 N–H and O–H groups in total. The van der Waals surface area contributed by atoms with Crippen molar-refractivity contribution in [3.05, 3.63) is 74.6 Å². The van der Waals surface area contributed by atoms with Crippen LogP contribution < -0.4 is 4.90 Å². The topological polar surface area (TPSA) is 153 Å². The molecule has 13 heteroatoms. The quantitative estimate of drug-likeness (QED) is 0.428. The Bertz CT molecular complexity index is 1160. The van der Waals surface area contributed by atoms with E-state index in [0.717, 1.165) is 18.2 Å². The lowest BCUT2D eigenvalue weighted by molar-refractivity contribution is -0.394. The van der Waals surface area contributed by atoms with Gasteiger partial charge in [0, 0.05) is 56.8 Å². The molecule has 1 amide bonds. The van der Waals surface area contributed by atoms with Crippen LogP contribution >= 0.6 is 0 Å². The van der Waals surface area contributed by atoms with Gasteiger partial charge in [-0.05, 0) is 6.92 Å². The van der Waals surface area contributed by atoms with E-state index in [0.29, 0.717) is 43.6 Å². The van der Waals surface area contributed by atoms with Gasteiger partial charge < -0.3 is 9.80 Å². The third kappa shape index (κ3) is 4.21. The molecular weight excluding hydrogens is 420 g/mol. The molecule has 32 heavy (non-hydrogen) atoms. The molecule has 4 rings (SSSR count). The Balaban J connectivity index is 1.50. The van der Waals surface area contributed by atoms with E-state index in [1.54, 1.807) is 30.2 Å². The minimum absolute atomic E-state index is 0.0837. The van der Waals surface area contributed by atoms with Gasteiger partial charge in [0.2, 0.25) is 0 Å². The number of piperazine rings is 1. The first kappa shape index (κ1) is 20.8. The minimum atomic E-state index is -0.753. The number of amides is 1. The lowest BCUT2D eigenvalue weighted by Crippen LogP contribution is -2.49. The number of nitro groups is 2. The van der Waals surface area contributed by atoms with Crippen molar-refractivity contribution in [1.29, 1.82) is 0 Å². The monoisotopic (exact) mass is 438 g/mol. The molecule has 0 atom stereocenters. The Kier molecular flexibility index (Phi) is 5.45. The van der Waals surface area contributed by atoms with Crippen molar-refractivity contribution >= 4 is 23.1 Å². The number of benzene rings is 1. The van der Waals surface area contributed by atoms with E-state index in [4.69, 9.17) is 0 Å². The lowest BCUT2D eigenvalue weighted by Gasteiger charge is -2.35. The molecule has 1 saturated heterocycles. The zero-order chi connectivity index (χ0) is 22.8. The second-order valence-electron chi connectivity index (χ2n) is 7.13. The van der Waals surface area contributed by atoms with Gasteiger partial charge in [0.25, 0.3) is 17.3 Å². The number of hydrogen-bond acceptors (Lipinski definition) is 9. The summed E-state index contributed by atoms with van der Waals surface area (Å²) in [6.45, 7) is 3.40. The van der Waals surface area contributed by atoms with Crippen LogP contribution in [0.15, 0.2) is 43.0 Å². The van der Waals surface area contributed by atoms with Gasteiger partial charge in [-0.3, -0.25) is 29.6 Å². The Morgan fingerprint density at radius 3 is 2.12 bits per heavy atom. The number of anilines is 1. The number of rotatable bonds is 5. The fourth-order valence-corrected chi connectivity index (χ4v) is 3.48. The zero-order valence-corrected chi connectivity index (χ0v) is 17.0. The fraction of sp³-hybridized carbons (Fsp3) is 0.263. The molecule has 0 spiro atoms. The van der Waals surface area contributed by atoms with Gasteiger partial charge in [-0.1, -0.05) is 0 Å². The first-order valence-corrected chi connectivity index (χ1v) is 9.64. The molecule has 0 saturated carbocycles. The number of aryl methyl sites for hydroxylation is 1. The maximum absolute atomic E-state index is 12.9. The summed E-state index contributed by atoms with van der Waals surface area (Å²) >= 11 is 0. The van der Waals surface area contributed by atoms with Crippen molar-refractivity contribution in [2.45, 2.75) is 6.92 Å². The van der Waals surface area contributed by atoms with Crippen LogP contribution in [-0.2, 0) is 0 Å². The van der Waals surface area contributed by atoms with Crippen LogP contribution in [0.2, 0.25) is 0 Å². The van der Waals surface area contributed by atoms with Crippen LogP contribution in [0.1, 0.15) is 16.2 Å². The Hall–Kier alpha value is -4.42. The summed E-state index contributed by atoms with van der Waals surface area (Å²) in [4.78, 5) is 50.0. The van der Waals surface area contributed by atoms with Crippen molar-refractivity contribution in [2.24, 2.45) is 0 Å². The van der Waals surface area contributed by atoms with Crippen molar-refractivity contribution in [1.82, 2.24) is 24.4 Å². The third-order valence-electron chi connectivity index (χ3n) is 5.04. The maximum atomic E-state index is 12.9. The van der Waals surface area contributed by atoms with E-state index < -0.39 is 27.1 Å². The van der Waals surface area contributed by atoms with Crippen LogP contribution in [0.4, 0.5) is 17.2 Å². The highest BCUT2D eigenvalue weighted by Gasteiger charge is 2.27. The van der Waals surface area contributed by atoms with E-state index in [2.05, 4.69) is 15.0 Å². The zero-order valence-electron chi connectivity index (χ0n) is 17.0. The van der Waals surface area contributed by atoms with Crippen molar-refractivity contribution in [3.63, 3.8) is 0 Å². The predicted molar refractivity (Wildman–Crippen MR) is 112 cm³/mol. The molecular formula is C19H18N8O5. The number of nitrogens with zero attached hydrogens (tertiary/aromatic N) is 8. The van der Waals surface area contributed by atoms with Crippen LogP contribution in [0.3, 0.4) is 0 Å². The number of non-ortho nitro benzene ring substituents is 2. The number of hydrogen-bond donors (Lipinski definition) is 0. The Morgan fingerprint density at radius 1 is 0.938 bits per heavy atom. The second kappa shape index (κ2) is 8.37. The highest BCUT2D eigenvalue weighted by molar-refractivity contribution is 5.95. The number of carbonyl (C=O) groups is 1. The average molecular weight is 438 g/mol. The van der Waals surface area contributed by atoms with Crippen LogP contribution in [0, 0.1) is 27.2 Å². The van der Waals surface area contributed by atoms with Gasteiger partial charge >= 0.3 is 0 Å². The van der Waals surface area contributed by atoms with Crippen LogP contribution in [0.25, 0.3) is 5.82 Å². The van der Waals surface area contributed by atoms with Gasteiger partial charge in [0.1, 0.15) is 23.8 Å². The molecule has 0 radical (unpaired) electrons. The van der Waals surface area contributed by atoms with Gasteiger partial charge in [-0.2, -0.15) is 0 Å². The SMILES string of the molecule is Cc1nc(N2CCN(C(=O)c3cc([N+](=O)[O-])cc([N+](=O)[O-])c3)CC2)cc(-n2ccnc2)n1. The minimum Gasteiger partial charge on any atom is -0.353 e. The molecule has 1 aromatic carbocycles. The van der Waals surface area contributed by atoms with Crippen molar-refractivity contribution in [3.8, 4) is 5.82 Å². The smallest absolute Gasteiger partial charge is 0.277 e. The summed E-state index contributed by atoms with van der Waals surface area (Å²) in [6.07, 6.45) is 5.07. The van der Waals surface area contributed by atoms with Crippen molar-refractivity contribution < 1.29 is 14.6 Å². The normalized spacial score (nSPS) is 13.8. The number of carbonyl (C=O) groups excluding carboxylic acids is 1. The molecule has 2 aromatic heterocycles. The molecule has 0 unspecified atom stereocenters. The molecule has 1 fully saturated rings. The van der Waals surface area contributed by atoms with Gasteiger partial charge in [-0.15, -0.1) is 0 Å². The van der Waals surface area contributed by atoms with Crippen molar-refractivity contribution in [2.75, 3.05) is 31.1 Å². The maximum Gasteiger partial charge on any atom is 0.277 e. The van der Waals surface area contributed by atoms with E-state index >= 15 is 0 Å². The largest absolute Gasteiger partial charge is 0.353 e. The molecule has 0 aliphatic carbocycles. The number of imidazole rings is 1. The van der Waals surface area contributed by atoms with Crippen LogP contribution in [0.5, 0.6) is 0 Å². The molecule has 164 valence electrons. The Labute approximate surface area is 181 Å². The van der Waals surface area contributed by atoms with E-state index in [-0.39, 0.29) is 5.56 Å². The highest BCUT2D eigenvalue weighted by atomic mass is 16.6. The Morgan fingerprint density at radius 2 is 1.56 bits per heavy atom. The fourth-order valence-electron chi connectivity index (χ4n) is 3.48. The van der Waals surface area contributed by atoms with E-state index in [1.165, 1.54) is 4.90 Å². The third-order valence-corrected chi connectivity index (χ3v) is 5.04. The summed E-state index contributed by atoms with van der Waals surface area (Å²) in [5.74, 6) is 1.48. The summed E-state index contributed by atoms with van der Waals surface area (Å²) in [6, 6.07) is 4.79. The van der Waals surface area contributed by atoms with Gasteiger partial charge in [-0.25, -0.2) is 15.0 Å². The summed E-state index contributed by atoms with van der Waals surface area (Å²) in [7, 11) is 0. The molecule has 1 aliphatic rings. The lowest BCUT2D eigenvalue weighted by atomic mass is 10.1. The first-order chi connectivity index (χ1) is 15.3. The van der Waals surface area contributed by atoms with E-state index in [9.17, 15) is 25.0 Å². The summed E-state index contributed by atoms with van der Waals surface area (Å²) < 4.78 is 1.77. The average Bonchev–Trinajstić information content (AvgIpc) is 3.33. The van der Waals surface area contributed by atoms with Gasteiger partial charge in [0.15, 0.2) is 0 Å². The summed E-state index contributed by atoms with van der Waals surface area (Å²) in [5.41, 5.74) is -1.08. The number of nitro benzene ring substituents is 2. The van der Waals surface area contributed by atoms with E-state index in [1.807, 2.05) is 11.0 Å². The molecule has 0 bridgehead atoms. The molecule has 1 aliphatic heterocycles. The predicted octanol–water partition coefficient (Wildman–Crippen LogP) is 1.75. The number of aromatic nitrogens is 4. The first-order valence-electron chi connectivity index (χ1n) is 9.64. The molecule has 13 nitrogen and oxygen atoms in total. The van der Waals surface area contributed by atoms with Gasteiger partial charge in [0.05, 0.1) is 21.5 Å². The standard InChI is InChI=1S/C19H18N8O5/c1-13-21-17(11-18(22-13)25-3-2-20-12-25)23-4-6-24(7-5-23)19(28)14-8-15(26(29)30)10-16(9-14)27(31)32/h2-3,8-12H,4-7H2,1H3. The molecule has 3 aromatic rings. The second-order valence-corrected chi connectivity index (χ2v) is 7.13. The molecule has 3 heterocycles. The van der Waals surface area contributed by atoms with Crippen LogP contribution in [-0.4, -0.2) is 66.4 Å². The summed E-state index contributed by atoms with van der Waals surface area (Å²) in [5, 5.41) is 22.2.